The summed E-state index contributed by atoms with van der Waals surface area (Å²) in [5, 5.41) is 6.85. The van der Waals surface area contributed by atoms with Crippen molar-refractivity contribution in [2.45, 2.75) is 25.9 Å². The van der Waals surface area contributed by atoms with E-state index >= 15 is 0 Å². The van der Waals surface area contributed by atoms with E-state index in [4.69, 9.17) is 5.73 Å². The lowest BCUT2D eigenvalue weighted by Crippen LogP contribution is -2.14. The van der Waals surface area contributed by atoms with E-state index in [1.807, 2.05) is 13.8 Å². The average molecular weight is 402 g/mol. The van der Waals surface area contributed by atoms with Crippen LogP contribution < -0.4 is 16.4 Å². The maximum Gasteiger partial charge on any atom is 0.234 e. The first-order valence-electron chi connectivity index (χ1n) is 8.17. The van der Waals surface area contributed by atoms with Crippen molar-refractivity contribution in [3.05, 3.63) is 34.7 Å². The van der Waals surface area contributed by atoms with E-state index in [-0.39, 0.29) is 17.6 Å². The number of carbonyl (C=O) groups excluding carboxylic acids is 2. The zero-order valence-corrected chi connectivity index (χ0v) is 16.8. The number of carbonyl (C=O) groups is 2. The van der Waals surface area contributed by atoms with Crippen LogP contribution in [0.15, 0.2) is 29.4 Å². The second kappa shape index (κ2) is 7.93. The molecule has 0 saturated heterocycles. The molecule has 9 heteroatoms. The third kappa shape index (κ3) is 4.55. The predicted molar refractivity (Wildman–Crippen MR) is 111 cm³/mol. The number of anilines is 3. The van der Waals surface area contributed by atoms with Crippen LogP contribution in [0.5, 0.6) is 0 Å². The Morgan fingerprint density at radius 2 is 1.74 bits per heavy atom. The number of rotatable bonds is 5. The van der Waals surface area contributed by atoms with Crippen molar-refractivity contribution in [3.8, 4) is 0 Å². The van der Waals surface area contributed by atoms with Crippen LogP contribution in [0.4, 0.5) is 17.2 Å². The van der Waals surface area contributed by atoms with E-state index in [1.54, 1.807) is 35.6 Å². The fourth-order valence-electron chi connectivity index (χ4n) is 2.49. The number of amides is 2. The molecule has 2 amide bonds. The van der Waals surface area contributed by atoms with Gasteiger partial charge in [0.1, 0.15) is 10.6 Å². The molecule has 0 aliphatic rings. The summed E-state index contributed by atoms with van der Waals surface area (Å²) in [5.41, 5.74) is 8.49. The number of nitrogens with one attached hydrogen (secondary N) is 2. The fraction of sp³-hybridized carbons (Fsp3) is 0.222. The fourth-order valence-corrected chi connectivity index (χ4v) is 4.24. The van der Waals surface area contributed by atoms with Crippen molar-refractivity contribution in [1.29, 1.82) is 0 Å². The second-order valence-electron chi connectivity index (χ2n) is 5.95. The average Bonchev–Trinajstić information content (AvgIpc) is 2.89. The maximum atomic E-state index is 12.2. The van der Waals surface area contributed by atoms with Crippen LogP contribution in [0, 0.1) is 13.8 Å². The maximum absolute atomic E-state index is 12.2. The minimum absolute atomic E-state index is 0.143. The van der Waals surface area contributed by atoms with E-state index in [2.05, 4.69) is 20.6 Å². The SMILES string of the molecule is CC(=O)Nc1ccc(NC(=O)CSc2nc(N)c3c(C)c(C)sc3n2)cc1. The molecule has 0 aliphatic heterocycles. The first kappa shape index (κ1) is 19.1. The van der Waals surface area contributed by atoms with E-state index in [0.717, 1.165) is 20.7 Å². The summed E-state index contributed by atoms with van der Waals surface area (Å²) in [6.07, 6.45) is 0. The van der Waals surface area contributed by atoms with Gasteiger partial charge in [0.25, 0.3) is 0 Å². The van der Waals surface area contributed by atoms with Crippen LogP contribution in [0.2, 0.25) is 0 Å². The number of nitrogens with two attached hydrogens (primary N) is 1. The van der Waals surface area contributed by atoms with E-state index in [9.17, 15) is 9.59 Å². The Bertz CT molecular complexity index is 1010. The Balaban J connectivity index is 1.62. The number of thioether (sulfide) groups is 1. The molecular formula is C18H19N5O2S2. The van der Waals surface area contributed by atoms with Gasteiger partial charge in [0.15, 0.2) is 5.16 Å². The molecule has 0 fully saturated rings. The lowest BCUT2D eigenvalue weighted by Gasteiger charge is -2.07. The van der Waals surface area contributed by atoms with Crippen LogP contribution in [0.25, 0.3) is 10.2 Å². The van der Waals surface area contributed by atoms with Gasteiger partial charge >= 0.3 is 0 Å². The number of benzene rings is 1. The van der Waals surface area contributed by atoms with Gasteiger partial charge in [-0.25, -0.2) is 9.97 Å². The van der Waals surface area contributed by atoms with Crippen molar-refractivity contribution >= 4 is 62.3 Å². The highest BCUT2D eigenvalue weighted by Gasteiger charge is 2.14. The molecule has 1 aromatic carbocycles. The van der Waals surface area contributed by atoms with Gasteiger partial charge in [0, 0.05) is 23.2 Å². The van der Waals surface area contributed by atoms with Gasteiger partial charge in [-0.2, -0.15) is 0 Å². The van der Waals surface area contributed by atoms with Gasteiger partial charge in [-0.3, -0.25) is 9.59 Å². The molecule has 3 rings (SSSR count). The number of hydrogen-bond acceptors (Lipinski definition) is 7. The Morgan fingerprint density at radius 1 is 1.11 bits per heavy atom. The predicted octanol–water partition coefficient (Wildman–Crippen LogP) is 3.58. The quantitative estimate of drug-likeness (QED) is 0.445. The Hall–Kier alpha value is -2.65. The number of nitrogens with zero attached hydrogens (tertiary/aromatic N) is 2. The normalized spacial score (nSPS) is 10.8. The van der Waals surface area contributed by atoms with Crippen LogP contribution in [0.1, 0.15) is 17.4 Å². The summed E-state index contributed by atoms with van der Waals surface area (Å²) in [6.45, 7) is 5.47. The molecule has 0 radical (unpaired) electrons. The van der Waals surface area contributed by atoms with Crippen LogP contribution >= 0.6 is 23.1 Å². The van der Waals surface area contributed by atoms with Gasteiger partial charge in [-0.15, -0.1) is 11.3 Å². The monoisotopic (exact) mass is 401 g/mol. The molecule has 2 heterocycles. The summed E-state index contributed by atoms with van der Waals surface area (Å²) in [5.74, 6) is 0.295. The van der Waals surface area contributed by atoms with Gasteiger partial charge in [-0.05, 0) is 43.7 Å². The molecule has 0 bridgehead atoms. The molecular weight excluding hydrogens is 382 g/mol. The summed E-state index contributed by atoms with van der Waals surface area (Å²) < 4.78 is 0. The number of aromatic nitrogens is 2. The van der Waals surface area contributed by atoms with Gasteiger partial charge < -0.3 is 16.4 Å². The molecule has 4 N–H and O–H groups in total. The Kier molecular flexibility index (Phi) is 5.62. The highest BCUT2D eigenvalue weighted by atomic mass is 32.2. The number of thiophene rings is 1. The minimum atomic E-state index is -0.173. The molecule has 0 aliphatic carbocycles. The van der Waals surface area contributed by atoms with Gasteiger partial charge in [-0.1, -0.05) is 11.8 Å². The van der Waals surface area contributed by atoms with Gasteiger partial charge in [0.2, 0.25) is 11.8 Å². The zero-order chi connectivity index (χ0) is 19.6. The molecule has 0 spiro atoms. The first-order chi connectivity index (χ1) is 12.8. The number of fused-ring (bicyclic) bond motifs is 1. The molecule has 7 nitrogen and oxygen atoms in total. The van der Waals surface area contributed by atoms with Crippen molar-refractivity contribution in [3.63, 3.8) is 0 Å². The smallest absolute Gasteiger partial charge is 0.234 e. The van der Waals surface area contributed by atoms with E-state index in [0.29, 0.717) is 22.3 Å². The van der Waals surface area contributed by atoms with Crippen LogP contribution in [0.3, 0.4) is 0 Å². The Labute approximate surface area is 164 Å². The Morgan fingerprint density at radius 3 is 2.37 bits per heavy atom. The molecule has 0 saturated carbocycles. The highest BCUT2D eigenvalue weighted by molar-refractivity contribution is 7.99. The van der Waals surface area contributed by atoms with Crippen molar-refractivity contribution in [2.75, 3.05) is 22.1 Å². The third-order valence-electron chi connectivity index (χ3n) is 3.86. The molecule has 2 aromatic heterocycles. The topological polar surface area (TPSA) is 110 Å². The summed E-state index contributed by atoms with van der Waals surface area (Å²) in [7, 11) is 0. The van der Waals surface area contributed by atoms with Crippen molar-refractivity contribution < 1.29 is 9.59 Å². The number of aryl methyl sites for hydroxylation is 2. The number of hydrogen-bond donors (Lipinski definition) is 3. The van der Waals surface area contributed by atoms with E-state index < -0.39 is 0 Å². The minimum Gasteiger partial charge on any atom is -0.383 e. The van der Waals surface area contributed by atoms with Gasteiger partial charge in [0.05, 0.1) is 11.1 Å². The van der Waals surface area contributed by atoms with Crippen molar-refractivity contribution in [1.82, 2.24) is 9.97 Å². The lowest BCUT2D eigenvalue weighted by atomic mass is 10.2. The third-order valence-corrected chi connectivity index (χ3v) is 5.81. The highest BCUT2D eigenvalue weighted by Crippen LogP contribution is 2.33. The lowest BCUT2D eigenvalue weighted by molar-refractivity contribution is -0.114. The first-order valence-corrected chi connectivity index (χ1v) is 9.97. The summed E-state index contributed by atoms with van der Waals surface area (Å²) in [4.78, 5) is 34.0. The molecule has 3 aromatic rings. The second-order valence-corrected chi connectivity index (χ2v) is 8.10. The molecule has 140 valence electrons. The molecule has 0 unspecified atom stereocenters. The van der Waals surface area contributed by atoms with Crippen LogP contribution in [-0.2, 0) is 9.59 Å². The van der Waals surface area contributed by atoms with Crippen LogP contribution in [-0.4, -0.2) is 27.5 Å². The summed E-state index contributed by atoms with van der Waals surface area (Å²) in [6, 6.07) is 6.91. The summed E-state index contributed by atoms with van der Waals surface area (Å²) >= 11 is 2.81. The largest absolute Gasteiger partial charge is 0.383 e. The van der Waals surface area contributed by atoms with E-state index in [1.165, 1.54) is 18.7 Å². The molecule has 0 atom stereocenters. The zero-order valence-electron chi connectivity index (χ0n) is 15.1. The number of nitrogen functional groups attached to an aromatic ring is 1. The van der Waals surface area contributed by atoms with Crippen molar-refractivity contribution in [2.24, 2.45) is 0 Å². The molecule has 27 heavy (non-hydrogen) atoms. The standard InChI is InChI=1S/C18H19N5O2S2/c1-9-10(2)27-17-15(9)16(19)22-18(23-17)26-8-14(25)21-13-6-4-12(5-7-13)20-11(3)24/h4-7H,8H2,1-3H3,(H,20,24)(H,21,25)(H2,19,22,23).